The molecule has 0 radical (unpaired) electrons. The van der Waals surface area contributed by atoms with Gasteiger partial charge < -0.3 is 14.6 Å². The van der Waals surface area contributed by atoms with Crippen LogP contribution < -0.4 is 10.3 Å². The molecule has 0 aliphatic rings. The molecule has 2 heterocycles. The number of carbonyl (C=O) groups is 1. The van der Waals surface area contributed by atoms with E-state index >= 15 is 0 Å². The molecule has 1 amide bonds. The maximum atomic E-state index is 13.8. The Balaban J connectivity index is 1.51. The molecule has 5 aromatic rings. The Morgan fingerprint density at radius 1 is 1.00 bits per heavy atom. The number of hydrogen-bond donors (Lipinski definition) is 1. The number of aromatic nitrogens is 3. The topological polar surface area (TPSA) is 80.2 Å². The molecule has 0 fully saturated rings. The number of para-hydroxylation sites is 1. The van der Waals surface area contributed by atoms with Gasteiger partial charge in [0.05, 0.1) is 19.4 Å². The minimum Gasteiger partial charge on any atom is -0.496 e. The third-order valence-electron chi connectivity index (χ3n) is 6.63. The number of nitrogens with one attached hydrogen (secondary N) is 1. The number of hydrogen-bond acceptors (Lipinski definition) is 5. The van der Waals surface area contributed by atoms with Crippen molar-refractivity contribution in [3.63, 3.8) is 0 Å². The fourth-order valence-corrected chi connectivity index (χ4v) is 5.46. The van der Waals surface area contributed by atoms with Gasteiger partial charge in [0.2, 0.25) is 5.91 Å². The van der Waals surface area contributed by atoms with E-state index in [1.807, 2.05) is 103 Å². The maximum absolute atomic E-state index is 13.8. The lowest BCUT2D eigenvalue weighted by molar-refractivity contribution is -0.128. The Kier molecular flexibility index (Phi) is 8.13. The molecule has 39 heavy (non-hydrogen) atoms. The fourth-order valence-electron chi connectivity index (χ4n) is 4.56. The van der Waals surface area contributed by atoms with E-state index in [9.17, 15) is 9.59 Å². The molecule has 198 valence electrons. The van der Waals surface area contributed by atoms with Crippen LogP contribution in [-0.2, 0) is 17.9 Å². The summed E-state index contributed by atoms with van der Waals surface area (Å²) in [7, 11) is 1.61. The lowest BCUT2D eigenvalue weighted by Crippen LogP contribution is -2.32. The van der Waals surface area contributed by atoms with E-state index in [0.717, 1.165) is 22.3 Å². The van der Waals surface area contributed by atoms with E-state index in [1.165, 1.54) is 11.8 Å². The molecule has 5 rings (SSSR count). The van der Waals surface area contributed by atoms with Crippen LogP contribution in [0.25, 0.3) is 22.2 Å². The third-order valence-corrected chi connectivity index (χ3v) is 7.59. The summed E-state index contributed by atoms with van der Waals surface area (Å²) in [4.78, 5) is 37.0. The predicted octanol–water partition coefficient (Wildman–Crippen LogP) is 5.59. The number of H-pyrrole nitrogens is 1. The minimum absolute atomic E-state index is 0.0121. The highest BCUT2D eigenvalue weighted by Gasteiger charge is 2.20. The van der Waals surface area contributed by atoms with Gasteiger partial charge in [0, 0.05) is 30.4 Å². The highest BCUT2D eigenvalue weighted by molar-refractivity contribution is 7.99. The molecule has 0 aliphatic heterocycles. The van der Waals surface area contributed by atoms with Crippen molar-refractivity contribution in [2.45, 2.75) is 25.2 Å². The number of rotatable bonds is 10. The van der Waals surface area contributed by atoms with Crippen molar-refractivity contribution in [3.8, 4) is 16.9 Å². The van der Waals surface area contributed by atoms with E-state index in [-0.39, 0.29) is 23.8 Å². The quantitative estimate of drug-likeness (QED) is 0.185. The Hall–Kier alpha value is -4.30. The molecule has 3 aromatic carbocycles. The van der Waals surface area contributed by atoms with E-state index in [1.54, 1.807) is 11.7 Å². The van der Waals surface area contributed by atoms with Gasteiger partial charge in [0.15, 0.2) is 5.16 Å². The Morgan fingerprint density at radius 2 is 1.69 bits per heavy atom. The second-order valence-corrected chi connectivity index (χ2v) is 10.0. The molecule has 8 heteroatoms. The smallest absolute Gasteiger partial charge is 0.278 e. The number of carbonyl (C=O) groups excluding carboxylic acids is 1. The van der Waals surface area contributed by atoms with Gasteiger partial charge in [-0.05, 0) is 24.1 Å². The summed E-state index contributed by atoms with van der Waals surface area (Å²) in [6, 6.07) is 27.4. The highest BCUT2D eigenvalue weighted by atomic mass is 32.2. The van der Waals surface area contributed by atoms with Crippen LogP contribution in [-0.4, -0.2) is 44.7 Å². The standard InChI is InChI=1S/C31H30N4O3S/c1-3-34(19-22-12-6-4-7-13-22)27(36)21-39-31-33-28-25(23-14-8-5-9-15-23)18-32-29(28)30(37)35(31)20-24-16-10-11-17-26(24)38-2/h4-18,32H,3,19-21H2,1-2H3. The monoisotopic (exact) mass is 538 g/mol. The predicted molar refractivity (Wildman–Crippen MR) is 156 cm³/mol. The molecule has 0 saturated carbocycles. The largest absolute Gasteiger partial charge is 0.496 e. The van der Waals surface area contributed by atoms with Crippen LogP contribution >= 0.6 is 11.8 Å². The average molecular weight is 539 g/mol. The first kappa shape index (κ1) is 26.3. The van der Waals surface area contributed by atoms with E-state index in [2.05, 4.69) is 4.98 Å². The van der Waals surface area contributed by atoms with Crippen LogP contribution in [0, 0.1) is 0 Å². The van der Waals surface area contributed by atoms with Gasteiger partial charge in [0.1, 0.15) is 16.8 Å². The van der Waals surface area contributed by atoms with Gasteiger partial charge in [-0.15, -0.1) is 0 Å². The number of nitrogens with zero attached hydrogens (tertiary/aromatic N) is 3. The number of methoxy groups -OCH3 is 1. The summed E-state index contributed by atoms with van der Waals surface area (Å²) >= 11 is 1.28. The van der Waals surface area contributed by atoms with Gasteiger partial charge >= 0.3 is 0 Å². The lowest BCUT2D eigenvalue weighted by Gasteiger charge is -2.21. The first-order valence-corrected chi connectivity index (χ1v) is 13.8. The number of amides is 1. The minimum atomic E-state index is -0.195. The van der Waals surface area contributed by atoms with Crippen molar-refractivity contribution in [3.05, 3.63) is 113 Å². The van der Waals surface area contributed by atoms with Crippen molar-refractivity contribution >= 4 is 28.7 Å². The fraction of sp³-hybridized carbons (Fsp3) is 0.194. The summed E-state index contributed by atoms with van der Waals surface area (Å²) in [6.07, 6.45) is 1.82. The molecule has 0 atom stereocenters. The second-order valence-electron chi connectivity index (χ2n) is 9.07. The van der Waals surface area contributed by atoms with Gasteiger partial charge in [-0.1, -0.05) is 90.6 Å². The molecule has 0 unspecified atom stereocenters. The first-order chi connectivity index (χ1) is 19.1. The zero-order valence-electron chi connectivity index (χ0n) is 22.0. The van der Waals surface area contributed by atoms with Gasteiger partial charge in [0.25, 0.3) is 5.56 Å². The average Bonchev–Trinajstić information content (AvgIpc) is 3.41. The van der Waals surface area contributed by atoms with Crippen molar-refractivity contribution < 1.29 is 9.53 Å². The SMILES string of the molecule is CCN(Cc1ccccc1)C(=O)CSc1nc2c(-c3ccccc3)c[nH]c2c(=O)n1Cc1ccccc1OC. The van der Waals surface area contributed by atoms with Crippen LogP contribution in [0.5, 0.6) is 5.75 Å². The highest BCUT2D eigenvalue weighted by Crippen LogP contribution is 2.29. The van der Waals surface area contributed by atoms with E-state index in [0.29, 0.717) is 35.0 Å². The third kappa shape index (κ3) is 5.76. The van der Waals surface area contributed by atoms with Crippen LogP contribution in [0.2, 0.25) is 0 Å². The number of fused-ring (bicyclic) bond motifs is 1. The summed E-state index contributed by atoms with van der Waals surface area (Å²) < 4.78 is 7.16. The number of benzene rings is 3. The zero-order chi connectivity index (χ0) is 27.2. The first-order valence-electron chi connectivity index (χ1n) is 12.8. The van der Waals surface area contributed by atoms with Crippen molar-refractivity contribution in [1.82, 2.24) is 19.4 Å². The molecule has 2 aromatic heterocycles. The molecule has 7 nitrogen and oxygen atoms in total. The van der Waals surface area contributed by atoms with Crippen molar-refractivity contribution in [2.75, 3.05) is 19.4 Å². The summed E-state index contributed by atoms with van der Waals surface area (Å²) in [5.41, 5.74) is 4.56. The number of thioether (sulfide) groups is 1. The Labute approximate surface area is 231 Å². The van der Waals surface area contributed by atoms with Gasteiger partial charge in [-0.2, -0.15) is 0 Å². The van der Waals surface area contributed by atoms with Crippen LogP contribution in [0.1, 0.15) is 18.1 Å². The Bertz CT molecular complexity index is 1630. The maximum Gasteiger partial charge on any atom is 0.278 e. The molecule has 0 bridgehead atoms. The second kappa shape index (κ2) is 12.0. The van der Waals surface area contributed by atoms with E-state index in [4.69, 9.17) is 9.72 Å². The normalized spacial score (nSPS) is 11.0. The van der Waals surface area contributed by atoms with Crippen molar-refractivity contribution in [1.29, 1.82) is 0 Å². The molecule has 0 saturated heterocycles. The summed E-state index contributed by atoms with van der Waals surface area (Å²) in [5.74, 6) is 0.838. The summed E-state index contributed by atoms with van der Waals surface area (Å²) in [5, 5.41) is 0.485. The van der Waals surface area contributed by atoms with Gasteiger partial charge in [-0.3, -0.25) is 14.2 Å². The summed E-state index contributed by atoms with van der Waals surface area (Å²) in [6.45, 7) is 3.36. The van der Waals surface area contributed by atoms with Crippen molar-refractivity contribution in [2.24, 2.45) is 0 Å². The molecular formula is C31H30N4O3S. The lowest BCUT2D eigenvalue weighted by atomic mass is 10.1. The van der Waals surface area contributed by atoms with Crippen LogP contribution in [0.4, 0.5) is 0 Å². The van der Waals surface area contributed by atoms with Gasteiger partial charge in [-0.25, -0.2) is 4.98 Å². The molecule has 0 aliphatic carbocycles. The van der Waals surface area contributed by atoms with E-state index < -0.39 is 0 Å². The zero-order valence-corrected chi connectivity index (χ0v) is 22.8. The molecular weight excluding hydrogens is 508 g/mol. The van der Waals surface area contributed by atoms with Crippen LogP contribution in [0.15, 0.2) is 101 Å². The van der Waals surface area contributed by atoms with Crippen LogP contribution in [0.3, 0.4) is 0 Å². The number of ether oxygens (including phenoxy) is 1. The Morgan fingerprint density at radius 3 is 2.41 bits per heavy atom. The molecule has 0 spiro atoms. The molecule has 1 N–H and O–H groups in total. The number of aromatic amines is 1.